The lowest BCUT2D eigenvalue weighted by molar-refractivity contribution is 0.0696. The molecule has 0 saturated carbocycles. The van der Waals surface area contributed by atoms with Gasteiger partial charge in [0.25, 0.3) is 0 Å². The third-order valence-electron chi connectivity index (χ3n) is 3.74. The van der Waals surface area contributed by atoms with Gasteiger partial charge in [0, 0.05) is 19.7 Å². The van der Waals surface area contributed by atoms with Gasteiger partial charge < -0.3 is 15.2 Å². The van der Waals surface area contributed by atoms with E-state index in [2.05, 4.69) is 10.0 Å². The largest absolute Gasteiger partial charge is 0.478 e. The number of carbonyl (C=O) groups is 1. The van der Waals surface area contributed by atoms with Crippen LogP contribution in [0.25, 0.3) is 0 Å². The summed E-state index contributed by atoms with van der Waals surface area (Å²) in [6, 6.07) is 4.07. The van der Waals surface area contributed by atoms with Gasteiger partial charge in [0.15, 0.2) is 0 Å². The molecule has 1 saturated heterocycles. The van der Waals surface area contributed by atoms with Crippen LogP contribution in [0.15, 0.2) is 23.1 Å². The zero-order valence-electron chi connectivity index (χ0n) is 13.9. The van der Waals surface area contributed by atoms with E-state index >= 15 is 0 Å². The molecule has 7 nitrogen and oxygen atoms in total. The van der Waals surface area contributed by atoms with E-state index in [0.717, 1.165) is 12.8 Å². The number of carboxylic acids is 1. The molecule has 3 N–H and O–H groups in total. The van der Waals surface area contributed by atoms with Crippen LogP contribution in [0.4, 0.5) is 5.69 Å². The molecule has 1 aliphatic rings. The molecule has 1 aromatic carbocycles. The minimum Gasteiger partial charge on any atom is -0.478 e. The summed E-state index contributed by atoms with van der Waals surface area (Å²) in [7, 11) is -3.84. The summed E-state index contributed by atoms with van der Waals surface area (Å²) in [6.45, 7) is 5.41. The van der Waals surface area contributed by atoms with Crippen LogP contribution in [-0.4, -0.2) is 45.3 Å². The molecule has 0 aliphatic carbocycles. The predicted octanol–water partition coefficient (Wildman–Crippen LogP) is 1.91. The average molecular weight is 356 g/mol. The standard InChI is InChI=1S/C16H24N2O5S/c1-11(2)9-17-14-6-5-12(16(19)20)8-15(14)24(21,22)18-10-13-4-3-7-23-13/h5-6,8,11,13,17-18H,3-4,7,9-10H2,1-2H3,(H,19,20). The minimum absolute atomic E-state index is 0.0546. The van der Waals surface area contributed by atoms with E-state index in [9.17, 15) is 13.2 Å². The number of benzene rings is 1. The number of sulfonamides is 1. The van der Waals surface area contributed by atoms with Crippen molar-refractivity contribution >= 4 is 21.7 Å². The molecule has 0 aromatic heterocycles. The third kappa shape index (κ3) is 4.93. The maximum atomic E-state index is 12.6. The van der Waals surface area contributed by atoms with E-state index in [0.29, 0.717) is 24.8 Å². The summed E-state index contributed by atoms with van der Waals surface area (Å²) in [5.74, 6) is -0.847. The number of hydrogen-bond donors (Lipinski definition) is 3. The molecule has 2 rings (SSSR count). The monoisotopic (exact) mass is 356 g/mol. The molecule has 1 aromatic rings. The highest BCUT2D eigenvalue weighted by Crippen LogP contribution is 2.24. The van der Waals surface area contributed by atoms with E-state index in [1.807, 2.05) is 13.8 Å². The number of nitrogens with one attached hydrogen (secondary N) is 2. The summed E-state index contributed by atoms with van der Waals surface area (Å²) in [6.07, 6.45) is 1.60. The summed E-state index contributed by atoms with van der Waals surface area (Å²) >= 11 is 0. The Kier molecular flexibility index (Phi) is 6.20. The molecule has 134 valence electrons. The van der Waals surface area contributed by atoms with Crippen LogP contribution >= 0.6 is 0 Å². The second-order valence-corrected chi connectivity index (χ2v) is 8.01. The fraction of sp³-hybridized carbons (Fsp3) is 0.562. The second kappa shape index (κ2) is 7.96. The number of aromatic carboxylic acids is 1. The topological polar surface area (TPSA) is 105 Å². The van der Waals surface area contributed by atoms with Crippen molar-refractivity contribution in [3.05, 3.63) is 23.8 Å². The minimum atomic E-state index is -3.84. The molecule has 0 bridgehead atoms. The van der Waals surface area contributed by atoms with Gasteiger partial charge in [-0.3, -0.25) is 0 Å². The summed E-state index contributed by atoms with van der Waals surface area (Å²) in [5.41, 5.74) is 0.330. The molecule has 0 amide bonds. The van der Waals surface area contributed by atoms with Crippen LogP contribution in [0.5, 0.6) is 0 Å². The Hall–Kier alpha value is -1.64. The number of hydrogen-bond acceptors (Lipinski definition) is 5. The molecule has 1 atom stereocenters. The Morgan fingerprint density at radius 3 is 2.75 bits per heavy atom. The van der Waals surface area contributed by atoms with E-state index in [-0.39, 0.29) is 23.1 Å². The van der Waals surface area contributed by atoms with Gasteiger partial charge in [-0.05, 0) is 37.0 Å². The molecule has 8 heteroatoms. The zero-order chi connectivity index (χ0) is 17.7. The van der Waals surface area contributed by atoms with Gasteiger partial charge in [-0.25, -0.2) is 17.9 Å². The van der Waals surface area contributed by atoms with Gasteiger partial charge in [0.05, 0.1) is 17.4 Å². The second-order valence-electron chi connectivity index (χ2n) is 6.28. The Morgan fingerprint density at radius 1 is 1.42 bits per heavy atom. The van der Waals surface area contributed by atoms with E-state index in [1.54, 1.807) is 0 Å². The van der Waals surface area contributed by atoms with Crippen molar-refractivity contribution in [2.24, 2.45) is 5.92 Å². The van der Waals surface area contributed by atoms with Crippen LogP contribution in [0.1, 0.15) is 37.0 Å². The molecule has 0 radical (unpaired) electrons. The maximum absolute atomic E-state index is 12.6. The van der Waals surface area contributed by atoms with Gasteiger partial charge in [0.2, 0.25) is 10.0 Å². The van der Waals surface area contributed by atoms with Crippen molar-refractivity contribution in [1.82, 2.24) is 4.72 Å². The molecule has 0 spiro atoms. The van der Waals surface area contributed by atoms with Crippen molar-refractivity contribution in [3.63, 3.8) is 0 Å². The highest BCUT2D eigenvalue weighted by Gasteiger charge is 2.24. The highest BCUT2D eigenvalue weighted by molar-refractivity contribution is 7.89. The van der Waals surface area contributed by atoms with Crippen molar-refractivity contribution < 1.29 is 23.1 Å². The number of carboxylic acid groups (broad SMARTS) is 1. The van der Waals surface area contributed by atoms with E-state index in [1.165, 1.54) is 18.2 Å². The number of rotatable bonds is 8. The molecule has 24 heavy (non-hydrogen) atoms. The summed E-state index contributed by atoms with van der Waals surface area (Å²) in [5, 5.41) is 12.2. The summed E-state index contributed by atoms with van der Waals surface area (Å²) in [4.78, 5) is 11.1. The van der Waals surface area contributed by atoms with Gasteiger partial charge in [-0.1, -0.05) is 13.8 Å². The SMILES string of the molecule is CC(C)CNc1ccc(C(=O)O)cc1S(=O)(=O)NCC1CCCO1. The lowest BCUT2D eigenvalue weighted by atomic mass is 10.2. The van der Waals surface area contributed by atoms with Gasteiger partial charge in [0.1, 0.15) is 4.90 Å². The van der Waals surface area contributed by atoms with Crippen LogP contribution in [0, 0.1) is 5.92 Å². The highest BCUT2D eigenvalue weighted by atomic mass is 32.2. The Labute approximate surface area is 142 Å². The maximum Gasteiger partial charge on any atom is 0.335 e. The molecule has 1 aliphatic heterocycles. The molecular weight excluding hydrogens is 332 g/mol. The Bertz CT molecular complexity index is 682. The number of ether oxygens (including phenoxy) is 1. The molecular formula is C16H24N2O5S. The molecule has 1 fully saturated rings. The first-order valence-electron chi connectivity index (χ1n) is 8.02. The van der Waals surface area contributed by atoms with Crippen LogP contribution in [0.2, 0.25) is 0 Å². The van der Waals surface area contributed by atoms with E-state index in [4.69, 9.17) is 9.84 Å². The summed E-state index contributed by atoms with van der Waals surface area (Å²) < 4.78 is 33.2. The van der Waals surface area contributed by atoms with Gasteiger partial charge >= 0.3 is 5.97 Å². The van der Waals surface area contributed by atoms with Gasteiger partial charge in [-0.2, -0.15) is 0 Å². The first-order valence-corrected chi connectivity index (χ1v) is 9.50. The quantitative estimate of drug-likeness (QED) is 0.657. The fourth-order valence-corrected chi connectivity index (χ4v) is 3.70. The number of anilines is 1. The third-order valence-corrected chi connectivity index (χ3v) is 5.21. The van der Waals surface area contributed by atoms with Crippen molar-refractivity contribution in [2.45, 2.75) is 37.7 Å². The zero-order valence-corrected chi connectivity index (χ0v) is 14.7. The molecule has 1 unspecified atom stereocenters. The van der Waals surface area contributed by atoms with Crippen molar-refractivity contribution in [1.29, 1.82) is 0 Å². The van der Waals surface area contributed by atoms with Crippen molar-refractivity contribution in [3.8, 4) is 0 Å². The lowest BCUT2D eigenvalue weighted by Gasteiger charge is -2.16. The van der Waals surface area contributed by atoms with Crippen LogP contribution in [-0.2, 0) is 14.8 Å². The smallest absolute Gasteiger partial charge is 0.335 e. The van der Waals surface area contributed by atoms with Crippen LogP contribution in [0.3, 0.4) is 0 Å². The Morgan fingerprint density at radius 2 is 2.17 bits per heavy atom. The van der Waals surface area contributed by atoms with E-state index < -0.39 is 16.0 Å². The molecule has 1 heterocycles. The normalized spacial score (nSPS) is 18.0. The average Bonchev–Trinajstić information content (AvgIpc) is 3.04. The first kappa shape index (κ1) is 18.7. The fourth-order valence-electron chi connectivity index (χ4n) is 2.42. The van der Waals surface area contributed by atoms with Crippen LogP contribution < -0.4 is 10.0 Å². The predicted molar refractivity (Wildman–Crippen MR) is 90.9 cm³/mol. The Balaban J connectivity index is 2.25. The van der Waals surface area contributed by atoms with Crippen molar-refractivity contribution in [2.75, 3.05) is 25.0 Å². The van der Waals surface area contributed by atoms with Gasteiger partial charge in [-0.15, -0.1) is 0 Å². The lowest BCUT2D eigenvalue weighted by Crippen LogP contribution is -2.32. The first-order chi connectivity index (χ1) is 11.3.